The van der Waals surface area contributed by atoms with Gasteiger partial charge in [0, 0.05) is 23.3 Å². The smallest absolute Gasteiger partial charge is 0.245 e. The van der Waals surface area contributed by atoms with E-state index in [4.69, 9.17) is 43.1 Å². The molecule has 0 fully saturated rings. The minimum absolute atomic E-state index is 0.0618. The Morgan fingerprint density at radius 2 is 1.11 bits per heavy atom. The van der Waals surface area contributed by atoms with Gasteiger partial charge in [-0.15, -0.1) is 0 Å². The number of anilines is 7. The van der Waals surface area contributed by atoms with Gasteiger partial charge in [-0.3, -0.25) is 0 Å². The molecule has 0 atom stereocenters. The fraction of sp³-hybridized carbons (Fsp3) is 0.100. The molecule has 0 aliphatic heterocycles. The van der Waals surface area contributed by atoms with Gasteiger partial charge in [0.25, 0.3) is 0 Å². The second kappa shape index (κ2) is 17.5. The summed E-state index contributed by atoms with van der Waals surface area (Å²) in [5, 5.41) is 45.5. The minimum Gasteiger partial charge on any atom is -0.437 e. The number of nitrogens with zero attached hydrogens (tertiary/aromatic N) is 8. The van der Waals surface area contributed by atoms with Gasteiger partial charge in [-0.25, -0.2) is 4.98 Å². The van der Waals surface area contributed by atoms with Gasteiger partial charge < -0.3 is 26.4 Å². The summed E-state index contributed by atoms with van der Waals surface area (Å²) in [5.74, 6) is 1.94. The maximum Gasteiger partial charge on any atom is 0.245 e. The predicted octanol–water partition coefficient (Wildman–Crippen LogP) is 9.69. The fourth-order valence-corrected chi connectivity index (χ4v) is 5.63. The number of aromatic nitrogens is 4. The third kappa shape index (κ3) is 9.81. The Morgan fingerprint density at radius 1 is 0.636 bits per heavy atom. The number of ether oxygens (including phenoxy) is 1. The molecular weight excluding hydrogens is 780 g/mol. The highest BCUT2D eigenvalue weighted by molar-refractivity contribution is 9.10. The lowest BCUT2D eigenvalue weighted by Gasteiger charge is -2.14. The maximum atomic E-state index is 9.10. The Hall–Kier alpha value is -7.23. The quantitative estimate of drug-likeness (QED) is 0.113. The van der Waals surface area contributed by atoms with Crippen molar-refractivity contribution in [2.24, 2.45) is 0 Å². The molecule has 0 spiro atoms. The standard InChI is InChI=1S/C20H15BrN6.C20H15ClN6O/c1-12-7-15(10-23)8-13(2)18(12)26-19-17(21)11-24-20(27-19)25-16-5-3-14(9-22)4-6-16;1-11-7-14(10-23)8-12(2)17(11)28-19-16(21)18(24)26-20(27-19)25-15-5-3-13(9-22)4-6-15/h3-8,11H,1-2H3,(H2,24,25,26,27);3-8H,1-2H3,(H3,24,25,26,27). The van der Waals surface area contributed by atoms with Gasteiger partial charge in [-0.05, 0) is 139 Å². The van der Waals surface area contributed by atoms with E-state index in [2.05, 4.69) is 76.1 Å². The van der Waals surface area contributed by atoms with Crippen LogP contribution in [0.2, 0.25) is 5.02 Å². The van der Waals surface area contributed by atoms with E-state index in [1.165, 1.54) is 0 Å². The number of halogens is 2. The van der Waals surface area contributed by atoms with Crippen LogP contribution in [0, 0.1) is 73.0 Å². The van der Waals surface area contributed by atoms with Crippen molar-refractivity contribution in [2.75, 3.05) is 21.7 Å². The Balaban J connectivity index is 0.000000211. The lowest BCUT2D eigenvalue weighted by molar-refractivity contribution is 0.456. The summed E-state index contributed by atoms with van der Waals surface area (Å²) in [6, 6.07) is 29.3. The molecule has 6 rings (SSSR count). The highest BCUT2D eigenvalue weighted by atomic mass is 79.9. The first-order valence-corrected chi connectivity index (χ1v) is 17.5. The minimum atomic E-state index is 0.0618. The van der Waals surface area contributed by atoms with E-state index < -0.39 is 0 Å². The molecule has 13 nitrogen and oxygen atoms in total. The number of hydrogen-bond acceptors (Lipinski definition) is 13. The molecule has 0 aliphatic rings. The Labute approximate surface area is 330 Å². The number of nitrogens with one attached hydrogen (secondary N) is 3. The van der Waals surface area contributed by atoms with E-state index in [1.54, 1.807) is 66.9 Å². The second-order valence-electron chi connectivity index (χ2n) is 11.9. The lowest BCUT2D eigenvalue weighted by Crippen LogP contribution is -2.04. The van der Waals surface area contributed by atoms with Crippen LogP contribution in [0.1, 0.15) is 44.5 Å². The van der Waals surface area contributed by atoms with Gasteiger partial charge in [0.15, 0.2) is 5.82 Å². The van der Waals surface area contributed by atoms with Gasteiger partial charge in [-0.1, -0.05) is 11.6 Å². The number of rotatable bonds is 8. The SMILES string of the molecule is Cc1cc(C#N)cc(C)c1Nc1nc(Nc2ccc(C#N)cc2)ncc1Br.Cc1cc(C#N)cc(C)c1Oc1nc(Nc2ccc(C#N)cc2)nc(N)c1Cl. The Kier molecular flexibility index (Phi) is 12.4. The molecule has 0 saturated heterocycles. The molecule has 0 saturated carbocycles. The molecule has 0 bridgehead atoms. The van der Waals surface area contributed by atoms with Gasteiger partial charge >= 0.3 is 0 Å². The van der Waals surface area contributed by atoms with Crippen LogP contribution in [-0.4, -0.2) is 19.9 Å². The molecule has 6 aromatic rings. The number of benzene rings is 4. The van der Waals surface area contributed by atoms with Gasteiger partial charge in [0.05, 0.1) is 51.0 Å². The zero-order valence-electron chi connectivity index (χ0n) is 29.8. The summed E-state index contributed by atoms with van der Waals surface area (Å²) in [7, 11) is 0. The van der Waals surface area contributed by atoms with Crippen LogP contribution in [0.5, 0.6) is 11.6 Å². The number of aryl methyl sites for hydroxylation is 4. The molecular formula is C40H30BrClN12O. The van der Waals surface area contributed by atoms with Gasteiger partial charge in [0.2, 0.25) is 17.8 Å². The average Bonchev–Trinajstić information content (AvgIpc) is 3.18. The van der Waals surface area contributed by atoms with E-state index in [1.807, 2.05) is 39.8 Å². The number of nitrogen functional groups attached to an aromatic ring is 1. The van der Waals surface area contributed by atoms with Crippen molar-refractivity contribution in [3.05, 3.63) is 133 Å². The normalized spacial score (nSPS) is 10.0. The van der Waals surface area contributed by atoms with Crippen LogP contribution < -0.4 is 26.4 Å². The third-order valence-electron chi connectivity index (χ3n) is 7.82. The van der Waals surface area contributed by atoms with Crippen LogP contribution in [0.4, 0.5) is 40.6 Å². The van der Waals surface area contributed by atoms with E-state index in [0.29, 0.717) is 45.5 Å². The van der Waals surface area contributed by atoms with E-state index in [-0.39, 0.29) is 22.7 Å². The van der Waals surface area contributed by atoms with Crippen molar-refractivity contribution in [2.45, 2.75) is 27.7 Å². The monoisotopic (exact) mass is 808 g/mol. The maximum absolute atomic E-state index is 9.10. The fourth-order valence-electron chi connectivity index (χ4n) is 5.21. The highest BCUT2D eigenvalue weighted by Gasteiger charge is 2.16. The lowest BCUT2D eigenvalue weighted by atomic mass is 10.0. The van der Waals surface area contributed by atoms with Crippen LogP contribution >= 0.6 is 27.5 Å². The molecule has 0 amide bonds. The molecule has 0 unspecified atom stereocenters. The highest BCUT2D eigenvalue weighted by Crippen LogP contribution is 2.36. The largest absolute Gasteiger partial charge is 0.437 e. The number of nitrogens with two attached hydrogens (primary N) is 1. The first-order valence-electron chi connectivity index (χ1n) is 16.3. The summed E-state index contributed by atoms with van der Waals surface area (Å²) in [4.78, 5) is 17.2. The molecule has 2 heterocycles. The Morgan fingerprint density at radius 3 is 1.60 bits per heavy atom. The first kappa shape index (κ1) is 39.0. The predicted molar refractivity (Wildman–Crippen MR) is 215 cm³/mol. The molecule has 0 radical (unpaired) electrons. The molecule has 270 valence electrons. The van der Waals surface area contributed by atoms with Crippen molar-refractivity contribution in [3.8, 4) is 35.9 Å². The van der Waals surface area contributed by atoms with Crippen molar-refractivity contribution in [1.29, 1.82) is 21.0 Å². The van der Waals surface area contributed by atoms with Crippen LogP contribution in [0.3, 0.4) is 0 Å². The van der Waals surface area contributed by atoms with Crippen molar-refractivity contribution in [3.63, 3.8) is 0 Å². The van der Waals surface area contributed by atoms with E-state index in [0.717, 1.165) is 38.1 Å². The van der Waals surface area contributed by atoms with E-state index >= 15 is 0 Å². The average molecular weight is 810 g/mol. The molecule has 5 N–H and O–H groups in total. The second-order valence-corrected chi connectivity index (χ2v) is 13.2. The van der Waals surface area contributed by atoms with Crippen molar-refractivity contribution in [1.82, 2.24) is 19.9 Å². The summed E-state index contributed by atoms with van der Waals surface area (Å²) in [6.45, 7) is 7.55. The zero-order valence-corrected chi connectivity index (χ0v) is 32.2. The molecule has 4 aromatic carbocycles. The topological polar surface area (TPSA) is 218 Å². The zero-order chi connectivity index (χ0) is 39.6. The summed E-state index contributed by atoms with van der Waals surface area (Å²) in [6.07, 6.45) is 1.66. The van der Waals surface area contributed by atoms with Gasteiger partial charge in [0.1, 0.15) is 16.6 Å². The Bertz CT molecular complexity index is 2520. The summed E-state index contributed by atoms with van der Waals surface area (Å²) in [5.41, 5.74) is 14.0. The van der Waals surface area contributed by atoms with Gasteiger partial charge in [-0.2, -0.15) is 36.0 Å². The van der Waals surface area contributed by atoms with Crippen LogP contribution in [0.25, 0.3) is 0 Å². The molecule has 55 heavy (non-hydrogen) atoms. The third-order valence-corrected chi connectivity index (χ3v) is 8.76. The van der Waals surface area contributed by atoms with E-state index in [9.17, 15) is 0 Å². The summed E-state index contributed by atoms with van der Waals surface area (Å²) < 4.78 is 6.63. The van der Waals surface area contributed by atoms with Crippen LogP contribution in [0.15, 0.2) is 83.5 Å². The summed E-state index contributed by atoms with van der Waals surface area (Å²) >= 11 is 9.70. The van der Waals surface area contributed by atoms with Crippen molar-refractivity contribution >= 4 is 68.1 Å². The van der Waals surface area contributed by atoms with Crippen LogP contribution in [-0.2, 0) is 0 Å². The number of nitriles is 4. The van der Waals surface area contributed by atoms with Crippen molar-refractivity contribution < 1.29 is 4.74 Å². The molecule has 15 heteroatoms. The molecule has 0 aliphatic carbocycles. The first-order chi connectivity index (χ1) is 26.4. The number of hydrogen-bond donors (Lipinski definition) is 4. The molecule has 2 aromatic heterocycles.